The Morgan fingerprint density at radius 2 is 0.415 bits per heavy atom. The van der Waals surface area contributed by atoms with Gasteiger partial charge in [-0.05, 0) is 0 Å². The quantitative estimate of drug-likeness (QED) is 0.154. The average molecular weight is 1070 g/mol. The normalized spacial score (nSPS) is 23.8. The van der Waals surface area contributed by atoms with E-state index in [0.29, 0.717) is 0 Å². The number of hydrogen-bond acceptors (Lipinski definition) is 0. The van der Waals surface area contributed by atoms with Gasteiger partial charge in [0.25, 0.3) is 0 Å². The molecule has 0 saturated carbocycles. The van der Waals surface area contributed by atoms with Crippen molar-refractivity contribution >= 4 is 93.4 Å². The predicted molar refractivity (Wildman–Crippen MR) is 242 cm³/mol. The summed E-state index contributed by atoms with van der Waals surface area (Å²) in [6, 6.07) is 73.8. The fourth-order valence-electron chi connectivity index (χ4n) is 7.17. The summed E-state index contributed by atoms with van der Waals surface area (Å²) in [6.07, 6.45) is 12.8. The average Bonchev–Trinajstić information content (AvgIpc) is 3.24. The zero-order chi connectivity index (χ0) is 35.9. The molecule has 6 aromatic carbocycles. The molecule has 1 saturated heterocycles. The minimum absolute atomic E-state index is 1.42. The van der Waals surface area contributed by atoms with E-state index in [2.05, 4.69) is 182 Å². The summed E-state index contributed by atoms with van der Waals surface area (Å²) in [7, 11) is -6.47. The SMILES string of the molecule is c1ccc([As]2CCCCCCCCCCC[As](c3ccccc3)[As](c3ccccc3)[As](c3ccccc3)[As](c3ccccc3)[As]2c2ccccc2)cc1. The van der Waals surface area contributed by atoms with Crippen molar-refractivity contribution in [1.29, 1.82) is 0 Å². The summed E-state index contributed by atoms with van der Waals surface area (Å²) in [6.45, 7) is 0. The van der Waals surface area contributed by atoms with Crippen molar-refractivity contribution < 1.29 is 0 Å². The van der Waals surface area contributed by atoms with Gasteiger partial charge in [0.15, 0.2) is 0 Å². The molecule has 1 heterocycles. The third-order valence-corrected chi connectivity index (χ3v) is 218. The van der Waals surface area contributed by atoms with Gasteiger partial charge in [0.05, 0.1) is 0 Å². The molecule has 0 nitrogen and oxygen atoms in total. The molecule has 0 bridgehead atoms. The summed E-state index contributed by atoms with van der Waals surface area (Å²) in [5, 5.41) is 2.97. The van der Waals surface area contributed by atoms with Gasteiger partial charge in [0, 0.05) is 0 Å². The Morgan fingerprint density at radius 3 is 0.679 bits per heavy atom. The first-order valence-electron chi connectivity index (χ1n) is 19.4. The van der Waals surface area contributed by atoms with Gasteiger partial charge in [-0.3, -0.25) is 0 Å². The molecule has 0 radical (unpaired) electrons. The van der Waals surface area contributed by atoms with E-state index in [1.54, 1.807) is 8.70 Å². The monoisotopic (exact) mass is 1070 g/mol. The van der Waals surface area contributed by atoms with Crippen LogP contribution in [0.4, 0.5) is 0 Å². The van der Waals surface area contributed by atoms with Gasteiger partial charge in [0.1, 0.15) is 0 Å². The zero-order valence-electron chi connectivity index (χ0n) is 30.8. The summed E-state index contributed by atoms with van der Waals surface area (Å²) in [5.74, 6) is 0. The van der Waals surface area contributed by atoms with E-state index in [-0.39, 0.29) is 0 Å². The molecule has 0 amide bonds. The van der Waals surface area contributed by atoms with Gasteiger partial charge < -0.3 is 0 Å². The molecule has 1 aliphatic heterocycles. The van der Waals surface area contributed by atoms with Crippen molar-refractivity contribution in [3.63, 3.8) is 0 Å². The molecule has 7 rings (SSSR count). The molecule has 1 fully saturated rings. The van der Waals surface area contributed by atoms with Crippen molar-refractivity contribution in [2.75, 3.05) is 0 Å². The number of benzene rings is 6. The summed E-state index contributed by atoms with van der Waals surface area (Å²) in [5.41, 5.74) is 0. The van der Waals surface area contributed by atoms with Crippen LogP contribution in [-0.2, 0) is 0 Å². The molecule has 6 aromatic rings. The van der Waals surface area contributed by atoms with Crippen molar-refractivity contribution in [2.24, 2.45) is 0 Å². The van der Waals surface area contributed by atoms with Gasteiger partial charge in [-0.1, -0.05) is 0 Å². The van der Waals surface area contributed by atoms with E-state index < -0.39 is 67.2 Å². The number of hydrogen-bond donors (Lipinski definition) is 0. The molecule has 6 atom stereocenters. The Morgan fingerprint density at radius 1 is 0.208 bits per heavy atom. The van der Waals surface area contributed by atoms with Crippen LogP contribution in [0.5, 0.6) is 0 Å². The van der Waals surface area contributed by atoms with Crippen LogP contribution in [0.3, 0.4) is 0 Å². The van der Waals surface area contributed by atoms with E-state index in [9.17, 15) is 0 Å². The number of rotatable bonds is 6. The van der Waals surface area contributed by atoms with Crippen molar-refractivity contribution in [2.45, 2.75) is 68.2 Å². The van der Waals surface area contributed by atoms with Crippen LogP contribution >= 0.6 is 0 Å². The van der Waals surface area contributed by atoms with E-state index in [1.807, 2.05) is 17.4 Å². The summed E-state index contributed by atoms with van der Waals surface area (Å²) in [4.78, 5) is 0. The fraction of sp³-hybridized carbons (Fsp3) is 0.234. The standard InChI is InChI=1S/C47H52As6/c1-2-4-6-26-40-48(42-28-14-8-15-29-42)50(44-32-18-10-19-33-44)52(46-36-22-12-23-37-46)53(47-38-24-13-25-39-47)51(45-34-20-11-21-35-45)49(41-27-7-5-3-1)43-30-16-9-17-31-43/h8-25,28-39H,1-7,26-27,40-41H2. The molecule has 0 aromatic heterocycles. The Kier molecular flexibility index (Phi) is 16.4. The first kappa shape index (κ1) is 39.9. The second kappa shape index (κ2) is 21.8. The first-order valence-corrected chi connectivity index (χ1v) is 53.7. The van der Waals surface area contributed by atoms with Gasteiger partial charge in [0.2, 0.25) is 0 Å². The van der Waals surface area contributed by atoms with E-state index in [1.165, 1.54) is 68.2 Å². The molecule has 0 spiro atoms. The van der Waals surface area contributed by atoms with Gasteiger partial charge in [-0.25, -0.2) is 0 Å². The maximum absolute atomic E-state index is 2.65. The van der Waals surface area contributed by atoms with Crippen LogP contribution in [0.2, 0.25) is 10.4 Å². The predicted octanol–water partition coefficient (Wildman–Crippen LogP) is 7.31. The third-order valence-electron chi connectivity index (χ3n) is 9.79. The molecular weight excluding hydrogens is 1010 g/mol. The minimum atomic E-state index is -1.65. The second-order valence-corrected chi connectivity index (χ2v) is 106. The van der Waals surface area contributed by atoms with Crippen molar-refractivity contribution in [3.05, 3.63) is 182 Å². The zero-order valence-corrected chi connectivity index (χ0v) is 42.0. The van der Waals surface area contributed by atoms with Gasteiger partial charge in [-0.15, -0.1) is 0 Å². The Bertz CT molecular complexity index is 1740. The summed E-state index contributed by atoms with van der Waals surface area (Å²) < 4.78 is 10.8. The molecular formula is C47H52As6. The second-order valence-electron chi connectivity index (χ2n) is 13.6. The molecule has 6 unspecified atom stereocenters. The van der Waals surface area contributed by atoms with Crippen molar-refractivity contribution in [1.82, 2.24) is 0 Å². The Labute approximate surface area is 339 Å². The van der Waals surface area contributed by atoms with E-state index in [4.69, 9.17) is 0 Å². The van der Waals surface area contributed by atoms with Crippen LogP contribution in [0.25, 0.3) is 0 Å². The van der Waals surface area contributed by atoms with Crippen molar-refractivity contribution in [3.8, 4) is 0 Å². The molecule has 6 heteroatoms. The van der Waals surface area contributed by atoms with E-state index >= 15 is 0 Å². The van der Waals surface area contributed by atoms with Crippen LogP contribution in [0, 0.1) is 0 Å². The maximum atomic E-state index is 2.65. The summed E-state index contributed by atoms with van der Waals surface area (Å²) >= 11 is -2.92. The van der Waals surface area contributed by atoms with Crippen LogP contribution in [-0.4, -0.2) is 67.2 Å². The third kappa shape index (κ3) is 11.0. The van der Waals surface area contributed by atoms with Gasteiger partial charge in [-0.2, -0.15) is 0 Å². The molecule has 270 valence electrons. The molecule has 1 aliphatic rings. The Hall–Kier alpha value is -1.33. The van der Waals surface area contributed by atoms with Crippen LogP contribution in [0.15, 0.2) is 182 Å². The van der Waals surface area contributed by atoms with E-state index in [0.717, 1.165) is 0 Å². The molecule has 53 heavy (non-hydrogen) atoms. The molecule has 0 aliphatic carbocycles. The fourth-order valence-corrected chi connectivity index (χ4v) is 411. The molecule has 0 N–H and O–H groups in total. The van der Waals surface area contributed by atoms with Crippen LogP contribution < -0.4 is 26.1 Å². The Balaban J connectivity index is 1.53. The topological polar surface area (TPSA) is 0 Å². The van der Waals surface area contributed by atoms with Crippen LogP contribution in [0.1, 0.15) is 57.8 Å². The first-order chi connectivity index (χ1) is 26.4. The van der Waals surface area contributed by atoms with Gasteiger partial charge >= 0.3 is 344 Å².